The zero-order valence-corrected chi connectivity index (χ0v) is 16.4. The molecule has 0 radical (unpaired) electrons. The molecular weight excluding hydrogens is 456 g/mol. The van der Waals surface area contributed by atoms with Crippen molar-refractivity contribution in [3.8, 4) is 11.6 Å². The maximum Gasteiger partial charge on any atom is 0.450 e. The third-order valence-corrected chi connectivity index (χ3v) is 4.48. The topological polar surface area (TPSA) is 81.9 Å². The minimum atomic E-state index is -4.83. The lowest BCUT2D eigenvalue weighted by Crippen LogP contribution is -2.17. The van der Waals surface area contributed by atoms with Crippen molar-refractivity contribution >= 4 is 22.8 Å². The van der Waals surface area contributed by atoms with Gasteiger partial charge in [0.1, 0.15) is 11.6 Å². The fraction of sp³-hybridized carbons (Fsp3) is 0.100. The molecule has 0 atom stereocenters. The number of carbonyl (C=O) groups is 1. The highest BCUT2D eigenvalue weighted by Gasteiger charge is 2.38. The summed E-state index contributed by atoms with van der Waals surface area (Å²) in [5.74, 6) is -6.89. The molecule has 0 bridgehead atoms. The summed E-state index contributed by atoms with van der Waals surface area (Å²) in [6.45, 7) is 0. The van der Waals surface area contributed by atoms with Crippen LogP contribution in [0.15, 0.2) is 42.7 Å². The number of carbonyl (C=O) groups excluding carboxylic acids is 1. The van der Waals surface area contributed by atoms with Gasteiger partial charge in [-0.25, -0.2) is 28.1 Å². The van der Waals surface area contributed by atoms with E-state index in [4.69, 9.17) is 4.74 Å². The van der Waals surface area contributed by atoms with Gasteiger partial charge in [-0.2, -0.15) is 13.2 Å². The third-order valence-electron chi connectivity index (χ3n) is 4.48. The van der Waals surface area contributed by atoms with Crippen LogP contribution in [0.1, 0.15) is 16.2 Å². The Bertz CT molecular complexity index is 1370. The maximum absolute atomic E-state index is 13.8. The van der Waals surface area contributed by atoms with Crippen LogP contribution < -0.4 is 10.1 Å². The quantitative estimate of drug-likeness (QED) is 0.353. The van der Waals surface area contributed by atoms with E-state index in [-0.39, 0.29) is 28.7 Å². The lowest BCUT2D eigenvalue weighted by molar-refractivity contribution is -0.145. The van der Waals surface area contributed by atoms with E-state index in [9.17, 15) is 31.1 Å². The SMILES string of the molecule is COc1ccc2c(c1)nc(C(F)(F)F)n2-c1cnc(NC(=O)c2cc(F)c(F)cc2F)cn1. The normalized spacial score (nSPS) is 11.6. The molecule has 13 heteroatoms. The van der Waals surface area contributed by atoms with Crippen molar-refractivity contribution in [2.75, 3.05) is 12.4 Å². The number of hydrogen-bond donors (Lipinski definition) is 1. The van der Waals surface area contributed by atoms with Crippen LogP contribution in [0.3, 0.4) is 0 Å². The molecule has 0 aliphatic rings. The van der Waals surface area contributed by atoms with Crippen LogP contribution in [0.5, 0.6) is 5.75 Å². The number of anilines is 1. The molecule has 0 saturated heterocycles. The average Bonchev–Trinajstić information content (AvgIpc) is 3.16. The van der Waals surface area contributed by atoms with Crippen molar-refractivity contribution in [1.82, 2.24) is 19.5 Å². The van der Waals surface area contributed by atoms with Crippen LogP contribution in [0, 0.1) is 17.5 Å². The van der Waals surface area contributed by atoms with Crippen LogP contribution in [0.2, 0.25) is 0 Å². The zero-order chi connectivity index (χ0) is 23.9. The van der Waals surface area contributed by atoms with Crippen molar-refractivity contribution in [3.63, 3.8) is 0 Å². The minimum absolute atomic E-state index is 0.00494. The molecule has 7 nitrogen and oxygen atoms in total. The highest BCUT2D eigenvalue weighted by atomic mass is 19.4. The van der Waals surface area contributed by atoms with Gasteiger partial charge in [0.05, 0.1) is 36.1 Å². The lowest BCUT2D eigenvalue weighted by atomic mass is 10.2. The summed E-state index contributed by atoms with van der Waals surface area (Å²) in [7, 11) is 1.35. The van der Waals surface area contributed by atoms with Crippen LogP contribution in [0.25, 0.3) is 16.9 Å². The average molecular weight is 467 g/mol. The smallest absolute Gasteiger partial charge is 0.450 e. The zero-order valence-electron chi connectivity index (χ0n) is 16.4. The number of ether oxygens (including phenoxy) is 1. The standard InChI is InChI=1S/C20H11F6N5O2/c1-33-9-2-3-15-14(4-9)29-19(20(24,25)26)31(15)17-8-27-16(7-28-17)30-18(32)10-5-12(22)13(23)6-11(10)21/h2-8H,1H3,(H,27,30,32). The van der Waals surface area contributed by atoms with E-state index in [1.54, 1.807) is 0 Å². The van der Waals surface area contributed by atoms with E-state index in [0.717, 1.165) is 17.0 Å². The highest BCUT2D eigenvalue weighted by molar-refractivity contribution is 6.03. The predicted molar refractivity (Wildman–Crippen MR) is 102 cm³/mol. The second-order valence-electron chi connectivity index (χ2n) is 6.58. The van der Waals surface area contributed by atoms with Crippen molar-refractivity contribution < 1.29 is 35.9 Å². The Morgan fingerprint density at radius 1 is 1.00 bits per heavy atom. The number of nitrogens with zero attached hydrogens (tertiary/aromatic N) is 4. The van der Waals surface area contributed by atoms with Crippen LogP contribution in [-0.2, 0) is 6.18 Å². The molecule has 33 heavy (non-hydrogen) atoms. The molecule has 0 unspecified atom stereocenters. The van der Waals surface area contributed by atoms with Crippen molar-refractivity contribution in [2.45, 2.75) is 6.18 Å². The number of nitrogens with one attached hydrogen (secondary N) is 1. The number of alkyl halides is 3. The van der Waals surface area contributed by atoms with Crippen LogP contribution >= 0.6 is 0 Å². The second-order valence-corrected chi connectivity index (χ2v) is 6.58. The molecule has 2 heterocycles. The van der Waals surface area contributed by atoms with Gasteiger partial charge >= 0.3 is 6.18 Å². The number of rotatable bonds is 4. The van der Waals surface area contributed by atoms with E-state index in [1.807, 2.05) is 0 Å². The number of amides is 1. The Morgan fingerprint density at radius 2 is 1.73 bits per heavy atom. The molecule has 2 aromatic carbocycles. The van der Waals surface area contributed by atoms with Gasteiger partial charge in [0.15, 0.2) is 23.3 Å². The third kappa shape index (κ3) is 4.16. The molecule has 1 amide bonds. The molecule has 4 aromatic rings. The van der Waals surface area contributed by atoms with E-state index in [2.05, 4.69) is 20.3 Å². The Morgan fingerprint density at radius 3 is 2.36 bits per heavy atom. The fourth-order valence-corrected chi connectivity index (χ4v) is 2.99. The van der Waals surface area contributed by atoms with Gasteiger partial charge in [-0.3, -0.25) is 9.36 Å². The minimum Gasteiger partial charge on any atom is -0.497 e. The number of halogens is 6. The number of fused-ring (bicyclic) bond motifs is 1. The number of imidazole rings is 1. The highest BCUT2D eigenvalue weighted by Crippen LogP contribution is 2.34. The molecule has 4 rings (SSSR count). The van der Waals surface area contributed by atoms with Crippen molar-refractivity contribution in [2.24, 2.45) is 0 Å². The molecule has 0 aliphatic heterocycles. The number of benzene rings is 2. The summed E-state index contributed by atoms with van der Waals surface area (Å²) >= 11 is 0. The first-order valence-electron chi connectivity index (χ1n) is 9.00. The van der Waals surface area contributed by atoms with Gasteiger partial charge in [-0.15, -0.1) is 0 Å². The van der Waals surface area contributed by atoms with Gasteiger partial charge < -0.3 is 10.1 Å². The Labute approximate surface area is 180 Å². The summed E-state index contributed by atoms with van der Waals surface area (Å²) < 4.78 is 86.6. The largest absolute Gasteiger partial charge is 0.497 e. The first kappa shape index (κ1) is 22.0. The number of aromatic nitrogens is 4. The summed E-state index contributed by atoms with van der Waals surface area (Å²) in [5, 5.41) is 2.11. The van der Waals surface area contributed by atoms with Crippen molar-refractivity contribution in [3.05, 3.63) is 71.6 Å². The molecule has 0 fully saturated rings. The molecule has 1 N–H and O–H groups in total. The van der Waals surface area contributed by atoms with E-state index >= 15 is 0 Å². The van der Waals surface area contributed by atoms with Gasteiger partial charge in [0.25, 0.3) is 5.91 Å². The first-order chi connectivity index (χ1) is 15.6. The predicted octanol–water partition coefficient (Wildman–Crippen LogP) is 4.51. The van der Waals surface area contributed by atoms with E-state index in [0.29, 0.717) is 11.8 Å². The number of methoxy groups -OCH3 is 1. The molecular formula is C20H11F6N5O2. The Balaban J connectivity index is 1.69. The fourth-order valence-electron chi connectivity index (χ4n) is 2.99. The Kier molecular flexibility index (Phi) is 5.39. The monoisotopic (exact) mass is 467 g/mol. The molecule has 2 aromatic heterocycles. The van der Waals surface area contributed by atoms with Gasteiger partial charge in [-0.05, 0) is 18.2 Å². The molecule has 170 valence electrons. The van der Waals surface area contributed by atoms with Gasteiger partial charge in [0, 0.05) is 12.1 Å². The summed E-state index contributed by atoms with van der Waals surface area (Å²) in [5.41, 5.74) is -0.735. The summed E-state index contributed by atoms with van der Waals surface area (Å²) in [6, 6.07) is 4.69. The van der Waals surface area contributed by atoms with Gasteiger partial charge in [-0.1, -0.05) is 0 Å². The van der Waals surface area contributed by atoms with Gasteiger partial charge in [0.2, 0.25) is 5.82 Å². The van der Waals surface area contributed by atoms with E-state index < -0.39 is 40.9 Å². The van der Waals surface area contributed by atoms with E-state index in [1.165, 1.54) is 25.3 Å². The molecule has 0 aliphatic carbocycles. The molecule has 0 saturated carbocycles. The summed E-state index contributed by atoms with van der Waals surface area (Å²) in [4.78, 5) is 23.4. The van der Waals surface area contributed by atoms with Crippen LogP contribution in [-0.4, -0.2) is 32.5 Å². The first-order valence-corrected chi connectivity index (χ1v) is 9.00. The molecule has 0 spiro atoms. The Hall–Kier alpha value is -4.16. The lowest BCUT2D eigenvalue weighted by Gasteiger charge is -2.11. The van der Waals surface area contributed by atoms with Crippen molar-refractivity contribution in [1.29, 1.82) is 0 Å². The second kappa shape index (κ2) is 8.07. The number of hydrogen-bond acceptors (Lipinski definition) is 5. The summed E-state index contributed by atoms with van der Waals surface area (Å²) in [6.07, 6.45) is -2.98. The van der Waals surface area contributed by atoms with Crippen LogP contribution in [0.4, 0.5) is 32.2 Å². The maximum atomic E-state index is 13.8.